The average molecular weight is 400 g/mol. The number of hydrogen-bond donors (Lipinski definition) is 1. The van der Waals surface area contributed by atoms with Gasteiger partial charge in [-0.05, 0) is 18.2 Å². The van der Waals surface area contributed by atoms with Crippen molar-refractivity contribution in [3.05, 3.63) is 80.9 Å². The molecule has 1 saturated heterocycles. The largest absolute Gasteiger partial charge is 0.336 e. The summed E-state index contributed by atoms with van der Waals surface area (Å²) in [6.07, 6.45) is 0. The molecule has 4 rings (SSSR count). The summed E-state index contributed by atoms with van der Waals surface area (Å²) in [5.74, 6) is -0.480. The molecule has 1 aliphatic heterocycles. The molecule has 0 spiro atoms. The molecule has 1 aliphatic rings. The van der Waals surface area contributed by atoms with Gasteiger partial charge in [0.25, 0.3) is 5.91 Å². The maximum Gasteiger partial charge on any atom is 0.254 e. The number of aromatic nitrogens is 1. The maximum absolute atomic E-state index is 14.0. The van der Waals surface area contributed by atoms with Crippen molar-refractivity contribution in [3.8, 4) is 0 Å². The molecule has 0 bridgehead atoms. The van der Waals surface area contributed by atoms with Gasteiger partial charge in [0.2, 0.25) is 5.56 Å². The lowest BCUT2D eigenvalue weighted by molar-refractivity contribution is 0.0629. The predicted molar refractivity (Wildman–Crippen MR) is 107 cm³/mol. The first-order chi connectivity index (χ1) is 13.5. The van der Waals surface area contributed by atoms with Crippen LogP contribution in [0.25, 0.3) is 10.9 Å². The number of hydrogen-bond acceptors (Lipinski definition) is 3. The molecule has 0 aliphatic carbocycles. The molecular weight excluding hydrogens is 381 g/mol. The van der Waals surface area contributed by atoms with Crippen LogP contribution in [0.2, 0.25) is 5.02 Å². The fourth-order valence-corrected chi connectivity index (χ4v) is 3.79. The minimum absolute atomic E-state index is 0.161. The number of halogens is 2. The highest BCUT2D eigenvalue weighted by Crippen LogP contribution is 2.22. The normalized spacial score (nSPS) is 15.1. The third kappa shape index (κ3) is 3.66. The van der Waals surface area contributed by atoms with Gasteiger partial charge < -0.3 is 9.88 Å². The zero-order valence-corrected chi connectivity index (χ0v) is 15.9. The van der Waals surface area contributed by atoms with Crippen molar-refractivity contribution in [2.45, 2.75) is 6.54 Å². The smallest absolute Gasteiger partial charge is 0.254 e. The fraction of sp³-hybridized carbons (Fsp3) is 0.238. The van der Waals surface area contributed by atoms with Crippen LogP contribution in [-0.2, 0) is 6.54 Å². The first-order valence-corrected chi connectivity index (χ1v) is 9.47. The summed E-state index contributed by atoms with van der Waals surface area (Å²) in [4.78, 5) is 31.5. The molecule has 1 N–H and O–H groups in total. The van der Waals surface area contributed by atoms with Gasteiger partial charge in [-0.1, -0.05) is 35.9 Å². The van der Waals surface area contributed by atoms with Crippen LogP contribution >= 0.6 is 11.6 Å². The number of aromatic amines is 1. The van der Waals surface area contributed by atoms with Gasteiger partial charge in [0.1, 0.15) is 5.82 Å². The Bertz CT molecular complexity index is 1070. The quantitative estimate of drug-likeness (QED) is 0.735. The summed E-state index contributed by atoms with van der Waals surface area (Å²) in [7, 11) is 0. The SMILES string of the molecule is O=C(c1cc(=O)[nH]c2ccccc12)N1CCN(Cc2c(F)cccc2Cl)CC1. The Labute approximate surface area is 166 Å². The Morgan fingerprint density at radius 3 is 2.57 bits per heavy atom. The van der Waals surface area contributed by atoms with Gasteiger partial charge in [0.15, 0.2) is 0 Å². The second-order valence-electron chi connectivity index (χ2n) is 6.86. The minimum atomic E-state index is -0.319. The summed E-state index contributed by atoms with van der Waals surface area (Å²) < 4.78 is 14.0. The third-order valence-electron chi connectivity index (χ3n) is 5.08. The minimum Gasteiger partial charge on any atom is -0.336 e. The Balaban J connectivity index is 1.49. The Kier molecular flexibility index (Phi) is 5.15. The van der Waals surface area contributed by atoms with Crippen molar-refractivity contribution in [2.24, 2.45) is 0 Å². The van der Waals surface area contributed by atoms with Crippen LogP contribution in [0.3, 0.4) is 0 Å². The Morgan fingerprint density at radius 1 is 1.07 bits per heavy atom. The number of piperazine rings is 1. The summed E-state index contributed by atoms with van der Waals surface area (Å²) >= 11 is 6.11. The average Bonchev–Trinajstić information content (AvgIpc) is 2.70. The number of amides is 1. The standard InChI is InChI=1S/C21H19ClFN3O2/c22-17-5-3-6-18(23)16(17)13-25-8-10-26(11-9-25)21(28)15-12-20(27)24-19-7-2-1-4-14(15)19/h1-7,12H,8-11,13H2,(H,24,27). The molecular formula is C21H19ClFN3O2. The van der Waals surface area contributed by atoms with E-state index >= 15 is 0 Å². The van der Waals surface area contributed by atoms with Crippen molar-refractivity contribution >= 4 is 28.4 Å². The van der Waals surface area contributed by atoms with E-state index in [1.54, 1.807) is 23.1 Å². The van der Waals surface area contributed by atoms with Gasteiger partial charge in [-0.2, -0.15) is 0 Å². The van der Waals surface area contributed by atoms with Gasteiger partial charge in [-0.15, -0.1) is 0 Å². The first-order valence-electron chi connectivity index (χ1n) is 9.09. The molecule has 0 saturated carbocycles. The van der Waals surface area contributed by atoms with Crippen LogP contribution in [-0.4, -0.2) is 46.9 Å². The zero-order chi connectivity index (χ0) is 19.7. The van der Waals surface area contributed by atoms with Crippen molar-refractivity contribution in [1.29, 1.82) is 0 Å². The van der Waals surface area contributed by atoms with E-state index in [-0.39, 0.29) is 17.3 Å². The number of para-hydroxylation sites is 1. The Morgan fingerprint density at radius 2 is 1.82 bits per heavy atom. The number of nitrogens with zero attached hydrogens (tertiary/aromatic N) is 2. The second-order valence-corrected chi connectivity index (χ2v) is 7.27. The highest BCUT2D eigenvalue weighted by molar-refractivity contribution is 6.31. The highest BCUT2D eigenvalue weighted by atomic mass is 35.5. The summed E-state index contributed by atoms with van der Waals surface area (Å²) in [5, 5.41) is 1.14. The van der Waals surface area contributed by atoms with Gasteiger partial charge in [-0.3, -0.25) is 14.5 Å². The van der Waals surface area contributed by atoms with E-state index < -0.39 is 0 Å². The van der Waals surface area contributed by atoms with Crippen molar-refractivity contribution < 1.29 is 9.18 Å². The Hall–Kier alpha value is -2.70. The molecule has 1 aromatic heterocycles. The van der Waals surface area contributed by atoms with Crippen LogP contribution in [0.5, 0.6) is 0 Å². The third-order valence-corrected chi connectivity index (χ3v) is 5.44. The van der Waals surface area contributed by atoms with Gasteiger partial charge in [0, 0.05) is 60.3 Å². The zero-order valence-electron chi connectivity index (χ0n) is 15.1. The van der Waals surface area contributed by atoms with Crippen molar-refractivity contribution in [1.82, 2.24) is 14.8 Å². The molecule has 2 aromatic carbocycles. The van der Waals surface area contributed by atoms with Crippen LogP contribution in [0.4, 0.5) is 4.39 Å². The number of nitrogens with one attached hydrogen (secondary N) is 1. The highest BCUT2D eigenvalue weighted by Gasteiger charge is 2.24. The number of carbonyl (C=O) groups excluding carboxylic acids is 1. The van der Waals surface area contributed by atoms with Crippen LogP contribution in [0.1, 0.15) is 15.9 Å². The molecule has 2 heterocycles. The van der Waals surface area contributed by atoms with E-state index in [9.17, 15) is 14.0 Å². The van der Waals surface area contributed by atoms with E-state index in [1.165, 1.54) is 12.1 Å². The predicted octanol–water partition coefficient (Wildman–Crippen LogP) is 3.28. The van der Waals surface area contributed by atoms with Crippen LogP contribution in [0, 0.1) is 5.82 Å². The number of pyridine rings is 1. The van der Waals surface area contributed by atoms with Gasteiger partial charge >= 0.3 is 0 Å². The van der Waals surface area contributed by atoms with E-state index in [0.717, 1.165) is 5.39 Å². The van der Waals surface area contributed by atoms with E-state index in [4.69, 9.17) is 11.6 Å². The number of benzene rings is 2. The first kappa shape index (κ1) is 18.7. The molecule has 0 unspecified atom stereocenters. The summed E-state index contributed by atoms with van der Waals surface area (Å²) in [5.41, 5.74) is 1.23. The number of rotatable bonds is 3. The molecule has 7 heteroatoms. The summed E-state index contributed by atoms with van der Waals surface area (Å²) in [6, 6.07) is 13.3. The van der Waals surface area contributed by atoms with Gasteiger partial charge in [-0.25, -0.2) is 4.39 Å². The molecule has 0 radical (unpaired) electrons. The van der Waals surface area contributed by atoms with E-state index in [2.05, 4.69) is 9.88 Å². The number of fused-ring (bicyclic) bond motifs is 1. The van der Waals surface area contributed by atoms with E-state index in [1.807, 2.05) is 18.2 Å². The second kappa shape index (κ2) is 7.73. The van der Waals surface area contributed by atoms with Crippen molar-refractivity contribution in [3.63, 3.8) is 0 Å². The monoisotopic (exact) mass is 399 g/mol. The molecule has 28 heavy (non-hydrogen) atoms. The lowest BCUT2D eigenvalue weighted by Gasteiger charge is -2.35. The van der Waals surface area contributed by atoms with Crippen LogP contribution < -0.4 is 5.56 Å². The lowest BCUT2D eigenvalue weighted by atomic mass is 10.1. The maximum atomic E-state index is 14.0. The van der Waals surface area contributed by atoms with Crippen LogP contribution in [0.15, 0.2) is 53.3 Å². The molecule has 1 fully saturated rings. The number of H-pyrrole nitrogens is 1. The molecule has 0 atom stereocenters. The summed E-state index contributed by atoms with van der Waals surface area (Å²) in [6.45, 7) is 2.63. The topological polar surface area (TPSA) is 56.4 Å². The molecule has 3 aromatic rings. The number of carbonyl (C=O) groups is 1. The lowest BCUT2D eigenvalue weighted by Crippen LogP contribution is -2.48. The fourth-order valence-electron chi connectivity index (χ4n) is 3.57. The molecule has 144 valence electrons. The van der Waals surface area contributed by atoms with Gasteiger partial charge in [0.05, 0.1) is 5.56 Å². The molecule has 5 nitrogen and oxygen atoms in total. The van der Waals surface area contributed by atoms with E-state index in [0.29, 0.717) is 54.4 Å². The molecule has 1 amide bonds. The van der Waals surface area contributed by atoms with Crippen molar-refractivity contribution in [2.75, 3.05) is 26.2 Å².